The number of hydrogen-bond acceptors (Lipinski definition) is 2. The molecule has 0 saturated heterocycles. The van der Waals surface area contributed by atoms with Crippen LogP contribution in [0.2, 0.25) is 0 Å². The van der Waals surface area contributed by atoms with Gasteiger partial charge in [0.2, 0.25) is 5.91 Å². The van der Waals surface area contributed by atoms with Gasteiger partial charge in [0.25, 0.3) is 0 Å². The molecule has 0 fully saturated rings. The third-order valence-electron chi connectivity index (χ3n) is 3.41. The molecule has 1 amide bonds. The first kappa shape index (κ1) is 17.2. The van der Waals surface area contributed by atoms with Gasteiger partial charge in [-0.15, -0.1) is 12.4 Å². The Morgan fingerprint density at radius 2 is 1.57 bits per heavy atom. The largest absolute Gasteiger partial charge is 0.345 e. The highest BCUT2D eigenvalue weighted by atomic mass is 35.5. The number of nitrogens with two attached hydrogens (primary N) is 1. The highest BCUT2D eigenvalue weighted by molar-refractivity contribution is 5.85. The van der Waals surface area contributed by atoms with Crippen LogP contribution in [-0.4, -0.2) is 12.5 Å². The summed E-state index contributed by atoms with van der Waals surface area (Å²) in [6.45, 7) is 2.03. The van der Waals surface area contributed by atoms with Crippen molar-refractivity contribution < 1.29 is 4.79 Å². The Labute approximate surface area is 132 Å². The van der Waals surface area contributed by atoms with Crippen molar-refractivity contribution >= 4 is 18.3 Å². The number of carbonyl (C=O) groups is 1. The normalized spacial score (nSPS) is 12.9. The fraction of sp³-hybridized carbons (Fsp3) is 0.235. The van der Waals surface area contributed by atoms with Gasteiger partial charge in [0.15, 0.2) is 0 Å². The first-order chi connectivity index (χ1) is 9.64. The topological polar surface area (TPSA) is 55.1 Å². The second kappa shape index (κ2) is 7.81. The van der Waals surface area contributed by atoms with E-state index in [-0.39, 0.29) is 24.9 Å². The van der Waals surface area contributed by atoms with Crippen LogP contribution in [0.5, 0.6) is 0 Å². The Bertz CT molecular complexity index is 560. The van der Waals surface area contributed by atoms with Gasteiger partial charge in [0, 0.05) is 0 Å². The number of benzene rings is 2. The van der Waals surface area contributed by atoms with E-state index in [1.807, 2.05) is 55.5 Å². The molecule has 112 valence electrons. The van der Waals surface area contributed by atoms with Crippen LogP contribution in [-0.2, 0) is 16.8 Å². The second-order valence-corrected chi connectivity index (χ2v) is 5.11. The van der Waals surface area contributed by atoms with E-state index >= 15 is 0 Å². The molecule has 0 saturated carbocycles. The predicted octanol–water partition coefficient (Wildman–Crippen LogP) is 2.64. The summed E-state index contributed by atoms with van der Waals surface area (Å²) >= 11 is 0. The monoisotopic (exact) mass is 304 g/mol. The average molecular weight is 305 g/mol. The number of nitrogens with one attached hydrogen (secondary N) is 1. The second-order valence-electron chi connectivity index (χ2n) is 5.11. The fourth-order valence-corrected chi connectivity index (χ4v) is 2.39. The van der Waals surface area contributed by atoms with Gasteiger partial charge in [0.1, 0.15) is 0 Å². The highest BCUT2D eigenvalue weighted by Crippen LogP contribution is 2.25. The minimum absolute atomic E-state index is 0. The molecule has 21 heavy (non-hydrogen) atoms. The van der Waals surface area contributed by atoms with E-state index in [0.29, 0.717) is 0 Å². The molecule has 1 atom stereocenters. The Kier molecular flexibility index (Phi) is 6.40. The maximum absolute atomic E-state index is 11.8. The van der Waals surface area contributed by atoms with E-state index in [2.05, 4.69) is 17.4 Å². The van der Waals surface area contributed by atoms with Gasteiger partial charge in [-0.3, -0.25) is 4.79 Å². The molecule has 0 radical (unpaired) electrons. The van der Waals surface area contributed by atoms with E-state index in [9.17, 15) is 4.79 Å². The summed E-state index contributed by atoms with van der Waals surface area (Å²) in [7, 11) is 0. The van der Waals surface area contributed by atoms with Crippen molar-refractivity contribution in [2.45, 2.75) is 18.9 Å². The fourth-order valence-electron chi connectivity index (χ4n) is 2.39. The molecule has 3 N–H and O–H groups in total. The Hall–Kier alpha value is -1.84. The van der Waals surface area contributed by atoms with Crippen molar-refractivity contribution in [3.63, 3.8) is 0 Å². The lowest BCUT2D eigenvalue weighted by molar-refractivity contribution is -0.121. The summed E-state index contributed by atoms with van der Waals surface area (Å²) in [6.07, 6.45) is 0.726. The van der Waals surface area contributed by atoms with Crippen LogP contribution in [0.25, 0.3) is 0 Å². The maximum atomic E-state index is 11.8. The van der Waals surface area contributed by atoms with Gasteiger partial charge in [-0.2, -0.15) is 0 Å². The first-order valence-electron chi connectivity index (χ1n) is 6.74. The smallest absolute Gasteiger partial charge is 0.234 e. The Morgan fingerprint density at radius 3 is 2.10 bits per heavy atom. The van der Waals surface area contributed by atoms with Gasteiger partial charge in [-0.25, -0.2) is 0 Å². The molecule has 2 aromatic carbocycles. The number of rotatable bonds is 5. The molecule has 0 aromatic heterocycles. The van der Waals surface area contributed by atoms with Crippen LogP contribution >= 0.6 is 12.4 Å². The van der Waals surface area contributed by atoms with Gasteiger partial charge in [0.05, 0.1) is 12.1 Å². The minimum Gasteiger partial charge on any atom is -0.345 e. The van der Waals surface area contributed by atoms with Crippen molar-refractivity contribution in [3.05, 3.63) is 71.8 Å². The molecule has 0 aliphatic rings. The summed E-state index contributed by atoms with van der Waals surface area (Å²) in [5.74, 6) is -0.146. The first-order valence-corrected chi connectivity index (χ1v) is 6.74. The molecule has 4 heteroatoms. The predicted molar refractivity (Wildman–Crippen MR) is 88.4 cm³/mol. The standard InChI is InChI=1S/C17H20N2O.ClH/c1-17(19-16(20)13-18,15-10-6-3-7-11-15)12-14-8-4-2-5-9-14;/h2-11H,12-13,18H2,1H3,(H,19,20);1H. The molecular formula is C17H21ClN2O. The summed E-state index contributed by atoms with van der Waals surface area (Å²) < 4.78 is 0. The van der Waals surface area contributed by atoms with Crippen LogP contribution < -0.4 is 11.1 Å². The molecule has 0 bridgehead atoms. The van der Waals surface area contributed by atoms with E-state index in [1.54, 1.807) is 0 Å². The molecule has 1 unspecified atom stereocenters. The minimum atomic E-state index is -0.459. The third-order valence-corrected chi connectivity index (χ3v) is 3.41. The van der Waals surface area contributed by atoms with E-state index in [1.165, 1.54) is 5.56 Å². The molecule has 0 aliphatic carbocycles. The number of hydrogen-bond donors (Lipinski definition) is 2. The lowest BCUT2D eigenvalue weighted by Gasteiger charge is -2.31. The Balaban J connectivity index is 0.00000220. The lowest BCUT2D eigenvalue weighted by Crippen LogP contribution is -2.47. The van der Waals surface area contributed by atoms with Crippen LogP contribution in [0.15, 0.2) is 60.7 Å². The zero-order chi connectivity index (χ0) is 14.4. The Morgan fingerprint density at radius 1 is 1.05 bits per heavy atom. The van der Waals surface area contributed by atoms with Crippen molar-refractivity contribution in [3.8, 4) is 0 Å². The quantitative estimate of drug-likeness (QED) is 0.892. The van der Waals surface area contributed by atoms with Crippen LogP contribution in [0.4, 0.5) is 0 Å². The lowest BCUT2D eigenvalue weighted by atomic mass is 9.85. The van der Waals surface area contributed by atoms with Gasteiger partial charge in [-0.1, -0.05) is 60.7 Å². The molecule has 2 aromatic rings. The van der Waals surface area contributed by atoms with Gasteiger partial charge in [-0.05, 0) is 24.5 Å². The number of carbonyl (C=O) groups excluding carboxylic acids is 1. The van der Waals surface area contributed by atoms with Crippen molar-refractivity contribution in [2.24, 2.45) is 5.73 Å². The van der Waals surface area contributed by atoms with E-state index in [4.69, 9.17) is 5.73 Å². The summed E-state index contributed by atoms with van der Waals surface area (Å²) in [5.41, 5.74) is 7.23. The van der Waals surface area contributed by atoms with Crippen molar-refractivity contribution in [1.29, 1.82) is 0 Å². The van der Waals surface area contributed by atoms with Crippen LogP contribution in [0.3, 0.4) is 0 Å². The molecular weight excluding hydrogens is 284 g/mol. The number of halogens is 1. The zero-order valence-corrected chi connectivity index (χ0v) is 12.9. The summed E-state index contributed by atoms with van der Waals surface area (Å²) in [5, 5.41) is 3.04. The van der Waals surface area contributed by atoms with Crippen molar-refractivity contribution in [2.75, 3.05) is 6.54 Å². The molecule has 2 rings (SSSR count). The highest BCUT2D eigenvalue weighted by Gasteiger charge is 2.28. The molecule has 0 spiro atoms. The summed E-state index contributed by atoms with van der Waals surface area (Å²) in [4.78, 5) is 11.8. The van der Waals surface area contributed by atoms with Crippen LogP contribution in [0, 0.1) is 0 Å². The van der Waals surface area contributed by atoms with Crippen LogP contribution in [0.1, 0.15) is 18.1 Å². The number of amides is 1. The van der Waals surface area contributed by atoms with Crippen molar-refractivity contribution in [1.82, 2.24) is 5.32 Å². The van der Waals surface area contributed by atoms with E-state index in [0.717, 1.165) is 12.0 Å². The van der Waals surface area contributed by atoms with Gasteiger partial charge < -0.3 is 11.1 Å². The SMILES string of the molecule is CC(Cc1ccccc1)(NC(=O)CN)c1ccccc1.Cl. The maximum Gasteiger partial charge on any atom is 0.234 e. The van der Waals surface area contributed by atoms with E-state index < -0.39 is 5.54 Å². The third kappa shape index (κ3) is 4.59. The average Bonchev–Trinajstić information content (AvgIpc) is 2.49. The summed E-state index contributed by atoms with van der Waals surface area (Å²) in [6, 6.07) is 20.1. The molecule has 0 heterocycles. The molecule has 3 nitrogen and oxygen atoms in total. The zero-order valence-electron chi connectivity index (χ0n) is 12.1. The molecule has 0 aliphatic heterocycles. The van der Waals surface area contributed by atoms with Gasteiger partial charge >= 0.3 is 0 Å².